The quantitative estimate of drug-likeness (QED) is 0.851. The lowest BCUT2D eigenvalue weighted by Crippen LogP contribution is -2.38. The minimum absolute atomic E-state index is 0.000102. The molecule has 0 amide bonds. The number of hydrogen-bond acceptors (Lipinski definition) is 5. The number of halogens is 1. The van der Waals surface area contributed by atoms with Crippen LogP contribution in [0.4, 0.5) is 4.39 Å². The highest BCUT2D eigenvalue weighted by atomic mass is 32.2. The second-order valence-corrected chi connectivity index (χ2v) is 7.39. The first-order valence-electron chi connectivity index (χ1n) is 6.25. The van der Waals surface area contributed by atoms with Gasteiger partial charge in [0.25, 0.3) is 0 Å². The molecule has 2 rings (SSSR count). The Morgan fingerprint density at radius 3 is 2.70 bits per heavy atom. The number of sulfone groups is 1. The van der Waals surface area contributed by atoms with E-state index < -0.39 is 27.2 Å². The van der Waals surface area contributed by atoms with E-state index in [0.29, 0.717) is 5.56 Å². The molecule has 0 aromatic heterocycles. The maximum atomic E-state index is 13.7. The minimum atomic E-state index is -3.20. The highest BCUT2D eigenvalue weighted by Gasteiger charge is 2.47. The Morgan fingerprint density at radius 2 is 2.25 bits per heavy atom. The molecule has 5 nitrogen and oxygen atoms in total. The Balaban J connectivity index is 2.34. The molecule has 1 fully saturated rings. The maximum Gasteiger partial charge on any atom is 0.165 e. The summed E-state index contributed by atoms with van der Waals surface area (Å²) in [5, 5.41) is 10.4. The SMILES string of the molecule is COc1ccc(C(O)C2(CN)CCS(=O)(=O)C2)cc1F. The molecule has 1 heterocycles. The summed E-state index contributed by atoms with van der Waals surface area (Å²) < 4.78 is 41.8. The molecule has 1 aromatic carbocycles. The summed E-state index contributed by atoms with van der Waals surface area (Å²) in [7, 11) is -1.85. The lowest BCUT2D eigenvalue weighted by molar-refractivity contribution is 0.0469. The van der Waals surface area contributed by atoms with Gasteiger partial charge in [-0.05, 0) is 24.1 Å². The van der Waals surface area contributed by atoms with E-state index in [9.17, 15) is 17.9 Å². The van der Waals surface area contributed by atoms with Crippen molar-refractivity contribution in [2.45, 2.75) is 12.5 Å². The van der Waals surface area contributed by atoms with Crippen molar-refractivity contribution in [1.29, 1.82) is 0 Å². The standard InChI is InChI=1S/C13H18FNO4S/c1-19-11-3-2-9(6-10(11)14)12(16)13(7-15)4-5-20(17,18)8-13/h2-3,6,12,16H,4-5,7-8,15H2,1H3. The van der Waals surface area contributed by atoms with Gasteiger partial charge in [-0.2, -0.15) is 0 Å². The summed E-state index contributed by atoms with van der Waals surface area (Å²) in [6.45, 7) is 0.0288. The third kappa shape index (κ3) is 2.65. The second-order valence-electron chi connectivity index (χ2n) is 5.21. The summed E-state index contributed by atoms with van der Waals surface area (Å²) in [5.74, 6) is -0.704. The zero-order valence-electron chi connectivity index (χ0n) is 11.2. The molecule has 0 bridgehead atoms. The van der Waals surface area contributed by atoms with Crippen LogP contribution in [0.5, 0.6) is 5.75 Å². The Labute approximate surface area is 117 Å². The molecule has 0 radical (unpaired) electrons. The predicted octanol–water partition coefficient (Wildman–Crippen LogP) is 0.631. The number of hydrogen-bond donors (Lipinski definition) is 2. The lowest BCUT2D eigenvalue weighted by atomic mass is 9.78. The van der Waals surface area contributed by atoms with Crippen molar-refractivity contribution in [1.82, 2.24) is 0 Å². The van der Waals surface area contributed by atoms with Gasteiger partial charge in [0.05, 0.1) is 24.7 Å². The number of aliphatic hydroxyl groups is 1. The van der Waals surface area contributed by atoms with Gasteiger partial charge in [0.2, 0.25) is 0 Å². The predicted molar refractivity (Wildman–Crippen MR) is 72.7 cm³/mol. The van der Waals surface area contributed by atoms with Gasteiger partial charge in [-0.25, -0.2) is 12.8 Å². The molecule has 1 saturated heterocycles. The molecule has 0 aliphatic carbocycles. The zero-order chi connectivity index (χ0) is 15.0. The lowest BCUT2D eigenvalue weighted by Gasteiger charge is -2.32. The van der Waals surface area contributed by atoms with E-state index in [1.807, 2.05) is 0 Å². The fourth-order valence-electron chi connectivity index (χ4n) is 2.64. The number of nitrogens with two attached hydrogens (primary N) is 1. The van der Waals surface area contributed by atoms with E-state index in [0.717, 1.165) is 6.07 Å². The third-order valence-corrected chi connectivity index (χ3v) is 5.74. The molecular formula is C13H18FNO4S. The van der Waals surface area contributed by atoms with E-state index in [2.05, 4.69) is 0 Å². The average Bonchev–Trinajstić information content (AvgIpc) is 2.74. The number of rotatable bonds is 4. The highest BCUT2D eigenvalue weighted by molar-refractivity contribution is 7.91. The van der Waals surface area contributed by atoms with Crippen LogP contribution in [0.15, 0.2) is 18.2 Å². The van der Waals surface area contributed by atoms with Crippen molar-refractivity contribution in [3.05, 3.63) is 29.6 Å². The van der Waals surface area contributed by atoms with Gasteiger partial charge < -0.3 is 15.6 Å². The molecule has 1 aliphatic heterocycles. The summed E-state index contributed by atoms with van der Waals surface area (Å²) in [6.07, 6.45) is -0.842. The number of aliphatic hydroxyl groups excluding tert-OH is 1. The van der Waals surface area contributed by atoms with E-state index in [4.69, 9.17) is 10.5 Å². The van der Waals surface area contributed by atoms with Gasteiger partial charge >= 0.3 is 0 Å². The summed E-state index contributed by atoms with van der Waals surface area (Å²) in [6, 6.07) is 4.09. The molecule has 0 saturated carbocycles. The summed E-state index contributed by atoms with van der Waals surface area (Å²) >= 11 is 0. The van der Waals surface area contributed by atoms with Gasteiger partial charge in [-0.15, -0.1) is 0 Å². The van der Waals surface area contributed by atoms with E-state index in [1.54, 1.807) is 0 Å². The van der Waals surface area contributed by atoms with E-state index in [-0.39, 0.29) is 30.2 Å². The first-order chi connectivity index (χ1) is 9.33. The topological polar surface area (TPSA) is 89.6 Å². The van der Waals surface area contributed by atoms with Gasteiger partial charge in [0.1, 0.15) is 0 Å². The van der Waals surface area contributed by atoms with Crippen LogP contribution >= 0.6 is 0 Å². The normalized spacial score (nSPS) is 26.4. The van der Waals surface area contributed by atoms with Gasteiger partial charge in [0.15, 0.2) is 21.4 Å². The maximum absolute atomic E-state index is 13.7. The van der Waals surface area contributed by atoms with E-state index >= 15 is 0 Å². The van der Waals surface area contributed by atoms with Crippen molar-refractivity contribution >= 4 is 9.84 Å². The molecule has 2 atom stereocenters. The average molecular weight is 303 g/mol. The largest absolute Gasteiger partial charge is 0.494 e. The number of methoxy groups -OCH3 is 1. The van der Waals surface area contributed by atoms with Crippen molar-refractivity contribution in [3.63, 3.8) is 0 Å². The first-order valence-corrected chi connectivity index (χ1v) is 8.08. The molecule has 20 heavy (non-hydrogen) atoms. The molecule has 1 aromatic rings. The van der Waals surface area contributed by atoms with Crippen molar-refractivity contribution < 1.29 is 22.7 Å². The molecule has 1 aliphatic rings. The van der Waals surface area contributed by atoms with Gasteiger partial charge in [-0.1, -0.05) is 6.07 Å². The van der Waals surface area contributed by atoms with Crippen molar-refractivity contribution in [2.75, 3.05) is 25.2 Å². The Hall–Kier alpha value is -1.18. The van der Waals surface area contributed by atoms with E-state index in [1.165, 1.54) is 19.2 Å². The Kier molecular flexibility index (Phi) is 4.04. The molecule has 2 unspecified atom stereocenters. The van der Waals surface area contributed by atoms with Crippen LogP contribution in [0.2, 0.25) is 0 Å². The molecule has 7 heteroatoms. The van der Waals surface area contributed by atoms with Crippen LogP contribution in [0, 0.1) is 11.2 Å². The van der Waals surface area contributed by atoms with Crippen LogP contribution in [0.3, 0.4) is 0 Å². The fourth-order valence-corrected chi connectivity index (χ4v) is 4.79. The fraction of sp³-hybridized carbons (Fsp3) is 0.538. The Bertz CT molecular complexity index is 604. The highest BCUT2D eigenvalue weighted by Crippen LogP contribution is 2.43. The number of ether oxygens (including phenoxy) is 1. The molecule has 3 N–H and O–H groups in total. The molecular weight excluding hydrogens is 285 g/mol. The van der Waals surface area contributed by atoms with Gasteiger partial charge in [0, 0.05) is 12.0 Å². The summed E-state index contributed by atoms with van der Waals surface area (Å²) in [5.41, 5.74) is 5.05. The van der Waals surface area contributed by atoms with Crippen LogP contribution in [-0.2, 0) is 9.84 Å². The first kappa shape index (κ1) is 15.2. The van der Waals surface area contributed by atoms with Crippen LogP contribution in [0.25, 0.3) is 0 Å². The van der Waals surface area contributed by atoms with Crippen molar-refractivity contribution in [2.24, 2.45) is 11.1 Å². The number of benzene rings is 1. The molecule has 112 valence electrons. The van der Waals surface area contributed by atoms with Gasteiger partial charge in [-0.3, -0.25) is 0 Å². The van der Waals surface area contributed by atoms with Crippen LogP contribution < -0.4 is 10.5 Å². The molecule has 0 spiro atoms. The van der Waals surface area contributed by atoms with Crippen LogP contribution in [0.1, 0.15) is 18.1 Å². The van der Waals surface area contributed by atoms with Crippen LogP contribution in [-0.4, -0.2) is 38.7 Å². The smallest absolute Gasteiger partial charge is 0.165 e. The summed E-state index contributed by atoms with van der Waals surface area (Å²) in [4.78, 5) is 0. The minimum Gasteiger partial charge on any atom is -0.494 e. The second kappa shape index (κ2) is 5.31. The van der Waals surface area contributed by atoms with Crippen molar-refractivity contribution in [3.8, 4) is 5.75 Å². The Morgan fingerprint density at radius 1 is 1.55 bits per heavy atom. The third-order valence-electron chi connectivity index (χ3n) is 3.90. The monoisotopic (exact) mass is 303 g/mol. The zero-order valence-corrected chi connectivity index (χ0v) is 12.0.